The van der Waals surface area contributed by atoms with E-state index in [2.05, 4.69) is 13.8 Å². The van der Waals surface area contributed by atoms with Crippen LogP contribution >= 0.6 is 11.6 Å². The molecule has 94 valence electrons. The molecule has 1 aromatic rings. The van der Waals surface area contributed by atoms with Gasteiger partial charge in [0.2, 0.25) is 0 Å². The standard InChI is InChI=1S/C14H19ClO2/c1-13(2)7-4-8-14(13,16)10-5-6-11(15)12(9-10)17-3/h5-6,9,16H,4,7-8H2,1-3H3. The summed E-state index contributed by atoms with van der Waals surface area (Å²) in [4.78, 5) is 0. The molecule has 1 fully saturated rings. The zero-order chi connectivity index (χ0) is 12.7. The van der Waals surface area contributed by atoms with Crippen LogP contribution in [0.15, 0.2) is 18.2 Å². The molecule has 0 heterocycles. The molecule has 1 saturated carbocycles. The molecule has 1 aliphatic rings. The minimum Gasteiger partial charge on any atom is -0.495 e. The van der Waals surface area contributed by atoms with Crippen molar-refractivity contribution in [3.05, 3.63) is 28.8 Å². The molecule has 0 bridgehead atoms. The molecule has 1 N–H and O–H groups in total. The lowest BCUT2D eigenvalue weighted by molar-refractivity contribution is -0.0486. The normalized spacial score (nSPS) is 27.1. The van der Waals surface area contributed by atoms with Crippen LogP contribution in [0.1, 0.15) is 38.7 Å². The number of methoxy groups -OCH3 is 1. The first-order valence-electron chi connectivity index (χ1n) is 5.97. The fraction of sp³-hybridized carbons (Fsp3) is 0.571. The van der Waals surface area contributed by atoms with E-state index in [1.807, 2.05) is 12.1 Å². The predicted molar refractivity (Wildman–Crippen MR) is 69.5 cm³/mol. The van der Waals surface area contributed by atoms with Crippen molar-refractivity contribution in [3.63, 3.8) is 0 Å². The first-order chi connectivity index (χ1) is 7.90. The molecule has 0 spiro atoms. The minimum absolute atomic E-state index is 0.105. The van der Waals surface area contributed by atoms with Gasteiger partial charge in [-0.05, 0) is 42.4 Å². The average Bonchev–Trinajstić information content (AvgIpc) is 2.55. The van der Waals surface area contributed by atoms with E-state index in [1.165, 1.54) is 0 Å². The number of aliphatic hydroxyl groups is 1. The molecule has 1 aliphatic carbocycles. The second kappa shape index (κ2) is 4.18. The first-order valence-corrected chi connectivity index (χ1v) is 6.35. The maximum atomic E-state index is 10.9. The lowest BCUT2D eigenvalue weighted by Gasteiger charge is -2.37. The Morgan fingerprint density at radius 1 is 1.29 bits per heavy atom. The van der Waals surface area contributed by atoms with E-state index in [4.69, 9.17) is 16.3 Å². The van der Waals surface area contributed by atoms with Gasteiger partial charge >= 0.3 is 0 Å². The summed E-state index contributed by atoms with van der Waals surface area (Å²) in [5, 5.41) is 11.5. The van der Waals surface area contributed by atoms with Crippen LogP contribution in [0.5, 0.6) is 5.75 Å². The molecule has 1 unspecified atom stereocenters. The second-order valence-electron chi connectivity index (χ2n) is 5.45. The molecule has 17 heavy (non-hydrogen) atoms. The van der Waals surface area contributed by atoms with E-state index in [-0.39, 0.29) is 5.41 Å². The summed E-state index contributed by atoms with van der Waals surface area (Å²) in [5.74, 6) is 0.625. The van der Waals surface area contributed by atoms with Gasteiger partial charge in [0.05, 0.1) is 17.7 Å². The van der Waals surface area contributed by atoms with Gasteiger partial charge in [-0.1, -0.05) is 31.5 Å². The van der Waals surface area contributed by atoms with Gasteiger partial charge in [0, 0.05) is 0 Å². The molecule has 1 atom stereocenters. The number of ether oxygens (including phenoxy) is 1. The van der Waals surface area contributed by atoms with Crippen LogP contribution in [0.2, 0.25) is 5.02 Å². The Bertz CT molecular complexity index is 428. The smallest absolute Gasteiger partial charge is 0.137 e. The largest absolute Gasteiger partial charge is 0.495 e. The quantitative estimate of drug-likeness (QED) is 0.871. The fourth-order valence-corrected chi connectivity index (χ4v) is 2.98. The maximum Gasteiger partial charge on any atom is 0.137 e. The Hall–Kier alpha value is -0.730. The van der Waals surface area contributed by atoms with Crippen LogP contribution < -0.4 is 4.74 Å². The highest BCUT2D eigenvalue weighted by atomic mass is 35.5. The lowest BCUT2D eigenvalue weighted by atomic mass is 9.73. The molecule has 2 nitrogen and oxygen atoms in total. The lowest BCUT2D eigenvalue weighted by Crippen LogP contribution is -2.36. The average molecular weight is 255 g/mol. The van der Waals surface area contributed by atoms with Crippen molar-refractivity contribution in [2.75, 3.05) is 7.11 Å². The summed E-state index contributed by atoms with van der Waals surface area (Å²) in [6, 6.07) is 5.55. The van der Waals surface area contributed by atoms with E-state index in [9.17, 15) is 5.11 Å². The SMILES string of the molecule is COc1cc(C2(O)CCCC2(C)C)ccc1Cl. The predicted octanol–water partition coefficient (Wildman–Crippen LogP) is 3.75. The summed E-state index contributed by atoms with van der Waals surface area (Å²) in [5.41, 5.74) is 0.0257. The van der Waals surface area contributed by atoms with E-state index in [1.54, 1.807) is 13.2 Å². The second-order valence-corrected chi connectivity index (χ2v) is 5.85. The van der Waals surface area contributed by atoms with Crippen LogP contribution in [0.25, 0.3) is 0 Å². The monoisotopic (exact) mass is 254 g/mol. The summed E-state index contributed by atoms with van der Waals surface area (Å²) in [6.07, 6.45) is 2.88. The van der Waals surface area contributed by atoms with Crippen LogP contribution in [-0.4, -0.2) is 12.2 Å². The number of benzene rings is 1. The molecular weight excluding hydrogens is 236 g/mol. The van der Waals surface area contributed by atoms with Gasteiger partial charge in [0.1, 0.15) is 5.75 Å². The third kappa shape index (κ3) is 1.94. The van der Waals surface area contributed by atoms with Crippen molar-refractivity contribution in [2.45, 2.75) is 38.7 Å². The van der Waals surface area contributed by atoms with E-state index >= 15 is 0 Å². The number of hydrogen-bond donors (Lipinski definition) is 1. The van der Waals surface area contributed by atoms with Gasteiger partial charge in [0.25, 0.3) is 0 Å². The van der Waals surface area contributed by atoms with Gasteiger partial charge in [-0.25, -0.2) is 0 Å². The highest BCUT2D eigenvalue weighted by Crippen LogP contribution is 2.52. The Morgan fingerprint density at radius 3 is 2.53 bits per heavy atom. The van der Waals surface area contributed by atoms with Gasteiger partial charge in [-0.15, -0.1) is 0 Å². The van der Waals surface area contributed by atoms with Gasteiger partial charge in [-0.3, -0.25) is 0 Å². The maximum absolute atomic E-state index is 10.9. The van der Waals surface area contributed by atoms with Crippen molar-refractivity contribution in [1.29, 1.82) is 0 Å². The topological polar surface area (TPSA) is 29.5 Å². The number of rotatable bonds is 2. The number of hydrogen-bond acceptors (Lipinski definition) is 2. The van der Waals surface area contributed by atoms with E-state index in [0.717, 1.165) is 24.8 Å². The molecule has 3 heteroatoms. The van der Waals surface area contributed by atoms with Crippen molar-refractivity contribution < 1.29 is 9.84 Å². The zero-order valence-electron chi connectivity index (χ0n) is 10.6. The summed E-state index contributed by atoms with van der Waals surface area (Å²) >= 11 is 6.01. The first kappa shape index (κ1) is 12.7. The molecule has 0 aromatic heterocycles. The van der Waals surface area contributed by atoms with Crippen LogP contribution in [-0.2, 0) is 5.60 Å². The molecule has 2 rings (SSSR count). The van der Waals surface area contributed by atoms with Crippen molar-refractivity contribution in [1.82, 2.24) is 0 Å². The molecule has 0 saturated heterocycles. The Labute approximate surface area is 108 Å². The minimum atomic E-state index is -0.773. The fourth-order valence-electron chi connectivity index (χ4n) is 2.78. The highest BCUT2D eigenvalue weighted by molar-refractivity contribution is 6.32. The van der Waals surface area contributed by atoms with Gasteiger partial charge in [-0.2, -0.15) is 0 Å². The Morgan fingerprint density at radius 2 is 2.00 bits per heavy atom. The summed E-state index contributed by atoms with van der Waals surface area (Å²) in [7, 11) is 1.59. The summed E-state index contributed by atoms with van der Waals surface area (Å²) < 4.78 is 5.22. The molecule has 0 aliphatic heterocycles. The van der Waals surface area contributed by atoms with Crippen molar-refractivity contribution >= 4 is 11.6 Å². The van der Waals surface area contributed by atoms with Crippen molar-refractivity contribution in [2.24, 2.45) is 5.41 Å². The van der Waals surface area contributed by atoms with E-state index in [0.29, 0.717) is 10.8 Å². The van der Waals surface area contributed by atoms with Crippen LogP contribution in [0, 0.1) is 5.41 Å². The van der Waals surface area contributed by atoms with Crippen molar-refractivity contribution in [3.8, 4) is 5.75 Å². The van der Waals surface area contributed by atoms with Gasteiger partial charge < -0.3 is 9.84 Å². The van der Waals surface area contributed by atoms with Crippen LogP contribution in [0.3, 0.4) is 0 Å². The summed E-state index contributed by atoms with van der Waals surface area (Å²) in [6.45, 7) is 4.22. The Balaban J connectivity index is 2.47. The third-order valence-electron chi connectivity index (χ3n) is 4.09. The zero-order valence-corrected chi connectivity index (χ0v) is 11.3. The third-order valence-corrected chi connectivity index (χ3v) is 4.40. The molecular formula is C14H19ClO2. The van der Waals surface area contributed by atoms with Crippen LogP contribution in [0.4, 0.5) is 0 Å². The van der Waals surface area contributed by atoms with E-state index < -0.39 is 5.60 Å². The number of halogens is 1. The highest BCUT2D eigenvalue weighted by Gasteiger charge is 2.48. The molecule has 0 amide bonds. The molecule has 1 aromatic carbocycles. The molecule has 0 radical (unpaired) electrons. The Kier molecular flexibility index (Phi) is 3.13. The van der Waals surface area contributed by atoms with Gasteiger partial charge in [0.15, 0.2) is 0 Å².